The lowest BCUT2D eigenvalue weighted by atomic mass is 9.87. The number of hydrogen-bond donors (Lipinski definition) is 2. The van der Waals surface area contributed by atoms with Crippen molar-refractivity contribution < 1.29 is 22.8 Å². The molecule has 8 nitrogen and oxygen atoms in total. The monoisotopic (exact) mass is 593 g/mol. The molecule has 2 aromatic heterocycles. The maximum Gasteiger partial charge on any atom is 0.406 e. The molecular formula is C32H34F3N5O3. The standard InChI is InChI=1S/C32H34F3N5O3/c1-18(2)23-13-21-11-22(31(43)40(17-32(33,34)35)16-26(21)25-15-36-38-29(23)25)14-28(41)39-9-7-19(8-10-39)24-12-20-5-3-4-6-27(20)37-30(24)42/h3-6,12-13,15,18-19,22H,7-11,14,16-17H2,1-2H3,(H,36,38)(H,37,42)/t22-/m0/s1. The van der Waals surface area contributed by atoms with Gasteiger partial charge in [-0.1, -0.05) is 38.1 Å². The summed E-state index contributed by atoms with van der Waals surface area (Å²) in [7, 11) is 0. The highest BCUT2D eigenvalue weighted by Gasteiger charge is 2.40. The molecule has 0 radical (unpaired) electrons. The Morgan fingerprint density at radius 3 is 2.58 bits per heavy atom. The molecule has 1 fully saturated rings. The lowest BCUT2D eigenvalue weighted by Gasteiger charge is -2.33. The molecule has 0 unspecified atom stereocenters. The number of rotatable bonds is 5. The van der Waals surface area contributed by atoms with Crippen molar-refractivity contribution in [2.45, 2.75) is 64.1 Å². The van der Waals surface area contributed by atoms with E-state index >= 15 is 0 Å². The summed E-state index contributed by atoms with van der Waals surface area (Å²) < 4.78 is 40.8. The smallest absolute Gasteiger partial charge is 0.343 e. The van der Waals surface area contributed by atoms with Crippen LogP contribution in [-0.2, 0) is 22.6 Å². The number of amides is 2. The van der Waals surface area contributed by atoms with Crippen LogP contribution >= 0.6 is 0 Å². The summed E-state index contributed by atoms with van der Waals surface area (Å²) in [6.07, 6.45) is -1.79. The largest absolute Gasteiger partial charge is 0.406 e. The van der Waals surface area contributed by atoms with Crippen molar-refractivity contribution in [1.82, 2.24) is 25.0 Å². The highest BCUT2D eigenvalue weighted by Crippen LogP contribution is 2.36. The Balaban J connectivity index is 1.22. The second-order valence-electron chi connectivity index (χ2n) is 12.1. The number of aromatic amines is 2. The van der Waals surface area contributed by atoms with Gasteiger partial charge >= 0.3 is 6.18 Å². The van der Waals surface area contributed by atoms with E-state index in [1.165, 1.54) is 0 Å². The fourth-order valence-electron chi connectivity index (χ4n) is 6.72. The van der Waals surface area contributed by atoms with Gasteiger partial charge in [-0.2, -0.15) is 18.3 Å². The van der Waals surface area contributed by atoms with Crippen LogP contribution < -0.4 is 5.56 Å². The van der Waals surface area contributed by atoms with Crippen LogP contribution in [-0.4, -0.2) is 62.6 Å². The van der Waals surface area contributed by atoms with Crippen LogP contribution in [0.5, 0.6) is 0 Å². The molecular weight excluding hydrogens is 559 g/mol. The van der Waals surface area contributed by atoms with E-state index < -0.39 is 24.5 Å². The predicted molar refractivity (Wildman–Crippen MR) is 157 cm³/mol. The number of likely N-dealkylation sites (tertiary alicyclic amines) is 1. The van der Waals surface area contributed by atoms with Gasteiger partial charge in [-0.25, -0.2) is 0 Å². The fraction of sp³-hybridized carbons (Fsp3) is 0.438. The number of alkyl halides is 3. The average Bonchev–Trinajstić information content (AvgIpc) is 3.41. The van der Waals surface area contributed by atoms with Gasteiger partial charge in [0.15, 0.2) is 0 Å². The van der Waals surface area contributed by atoms with Crippen molar-refractivity contribution in [2.24, 2.45) is 5.92 Å². The van der Waals surface area contributed by atoms with E-state index in [1.54, 1.807) is 11.1 Å². The maximum absolute atomic E-state index is 13.6. The summed E-state index contributed by atoms with van der Waals surface area (Å²) in [5.74, 6) is -1.73. The van der Waals surface area contributed by atoms with Crippen molar-refractivity contribution in [1.29, 1.82) is 0 Å². The number of carbonyl (C=O) groups excluding carboxylic acids is 2. The van der Waals surface area contributed by atoms with Crippen molar-refractivity contribution in [3.8, 4) is 0 Å². The molecule has 1 saturated heterocycles. The third-order valence-corrected chi connectivity index (χ3v) is 8.93. The first-order valence-corrected chi connectivity index (χ1v) is 14.7. The molecule has 1 atom stereocenters. The topological polar surface area (TPSA) is 102 Å². The number of nitrogens with one attached hydrogen (secondary N) is 2. The Morgan fingerprint density at radius 1 is 1.12 bits per heavy atom. The number of para-hydroxylation sites is 1. The zero-order chi connectivity index (χ0) is 30.5. The number of piperidine rings is 1. The third-order valence-electron chi connectivity index (χ3n) is 8.93. The first-order valence-electron chi connectivity index (χ1n) is 14.7. The Morgan fingerprint density at radius 2 is 1.86 bits per heavy atom. The number of halogens is 3. The van der Waals surface area contributed by atoms with Gasteiger partial charge in [-0.3, -0.25) is 19.5 Å². The Labute approximate surface area is 246 Å². The van der Waals surface area contributed by atoms with E-state index in [4.69, 9.17) is 0 Å². The van der Waals surface area contributed by atoms with Crippen molar-refractivity contribution in [2.75, 3.05) is 19.6 Å². The molecule has 2 aliphatic heterocycles. The molecule has 0 spiro atoms. The molecule has 2 aromatic carbocycles. The molecule has 4 aromatic rings. The minimum atomic E-state index is -4.58. The van der Waals surface area contributed by atoms with Crippen LogP contribution in [0.1, 0.15) is 67.2 Å². The minimum absolute atomic E-state index is 0.0158. The summed E-state index contributed by atoms with van der Waals surface area (Å²) in [4.78, 5) is 45.3. The van der Waals surface area contributed by atoms with Gasteiger partial charge in [-0.15, -0.1) is 0 Å². The highest BCUT2D eigenvalue weighted by atomic mass is 19.4. The summed E-state index contributed by atoms with van der Waals surface area (Å²) in [5, 5.41) is 8.77. The Bertz CT molecular complexity index is 1750. The minimum Gasteiger partial charge on any atom is -0.343 e. The van der Waals surface area contributed by atoms with Crippen LogP contribution in [0.2, 0.25) is 0 Å². The SMILES string of the molecule is CC(C)c1cc2c(c3cn[nH]c13)CN(CC(F)(F)F)C(=O)[C@H](CC(=O)N1CCC(c3cc4ccccc4[nH]c3=O)CC1)C2. The van der Waals surface area contributed by atoms with E-state index in [2.05, 4.69) is 15.2 Å². The Hall–Kier alpha value is -4.15. The molecule has 0 saturated carbocycles. The molecule has 0 aliphatic carbocycles. The van der Waals surface area contributed by atoms with Crippen LogP contribution in [0.25, 0.3) is 21.8 Å². The molecule has 2 aliphatic rings. The number of pyridine rings is 1. The number of fused-ring (bicyclic) bond motifs is 4. The number of carbonyl (C=O) groups is 2. The average molecular weight is 594 g/mol. The molecule has 2 N–H and O–H groups in total. The molecule has 11 heteroatoms. The van der Waals surface area contributed by atoms with E-state index in [0.29, 0.717) is 42.4 Å². The summed E-state index contributed by atoms with van der Waals surface area (Å²) >= 11 is 0. The molecule has 6 rings (SSSR count). The lowest BCUT2D eigenvalue weighted by molar-refractivity contribution is -0.165. The van der Waals surface area contributed by atoms with Gasteiger partial charge in [0.25, 0.3) is 5.56 Å². The number of hydrogen-bond acceptors (Lipinski definition) is 4. The normalized spacial score (nSPS) is 18.5. The predicted octanol–water partition coefficient (Wildman–Crippen LogP) is 5.39. The van der Waals surface area contributed by atoms with Crippen LogP contribution in [0.15, 0.2) is 47.4 Å². The van der Waals surface area contributed by atoms with E-state index in [-0.39, 0.29) is 42.7 Å². The van der Waals surface area contributed by atoms with Crippen molar-refractivity contribution in [3.63, 3.8) is 0 Å². The molecule has 43 heavy (non-hydrogen) atoms. The molecule has 4 heterocycles. The first kappa shape index (κ1) is 28.9. The summed E-state index contributed by atoms with van der Waals surface area (Å²) in [6.45, 7) is 3.29. The maximum atomic E-state index is 13.6. The lowest BCUT2D eigenvalue weighted by Crippen LogP contribution is -2.44. The van der Waals surface area contributed by atoms with Gasteiger partial charge in [0, 0.05) is 42.5 Å². The zero-order valence-corrected chi connectivity index (χ0v) is 24.1. The number of nitrogens with zero attached hydrogens (tertiary/aromatic N) is 3. The van der Waals surface area contributed by atoms with E-state index in [1.807, 2.05) is 50.2 Å². The van der Waals surface area contributed by atoms with E-state index in [9.17, 15) is 27.6 Å². The number of aromatic nitrogens is 3. The first-order chi connectivity index (χ1) is 20.5. The van der Waals surface area contributed by atoms with Gasteiger partial charge in [0.05, 0.1) is 17.6 Å². The highest BCUT2D eigenvalue weighted by molar-refractivity contribution is 5.90. The molecule has 2 amide bonds. The van der Waals surface area contributed by atoms with Gasteiger partial charge in [0.2, 0.25) is 11.8 Å². The second-order valence-corrected chi connectivity index (χ2v) is 12.1. The molecule has 0 bridgehead atoms. The Kier molecular flexibility index (Phi) is 7.52. The van der Waals surface area contributed by atoms with Crippen LogP contribution in [0, 0.1) is 5.92 Å². The van der Waals surface area contributed by atoms with Gasteiger partial charge < -0.3 is 14.8 Å². The van der Waals surface area contributed by atoms with Crippen LogP contribution in [0.4, 0.5) is 13.2 Å². The third kappa shape index (κ3) is 5.77. The van der Waals surface area contributed by atoms with Crippen molar-refractivity contribution in [3.05, 3.63) is 75.2 Å². The van der Waals surface area contributed by atoms with Gasteiger partial charge in [0.1, 0.15) is 6.54 Å². The molecule has 226 valence electrons. The summed E-state index contributed by atoms with van der Waals surface area (Å²) in [6, 6.07) is 11.4. The second kappa shape index (κ2) is 11.2. The van der Waals surface area contributed by atoms with Crippen LogP contribution in [0.3, 0.4) is 0 Å². The number of benzene rings is 2. The van der Waals surface area contributed by atoms with Crippen molar-refractivity contribution >= 4 is 33.6 Å². The van der Waals surface area contributed by atoms with E-state index in [0.717, 1.165) is 32.4 Å². The summed E-state index contributed by atoms with van der Waals surface area (Å²) in [5.41, 5.74) is 4.48. The number of H-pyrrole nitrogens is 2. The zero-order valence-electron chi connectivity index (χ0n) is 24.1. The van der Waals surface area contributed by atoms with Gasteiger partial charge in [-0.05, 0) is 65.3 Å². The fourth-order valence-corrected chi connectivity index (χ4v) is 6.72. The quantitative estimate of drug-likeness (QED) is 0.324.